The molecule has 2 heterocycles. The Morgan fingerprint density at radius 2 is 1.76 bits per heavy atom. The molecule has 1 saturated heterocycles. The van der Waals surface area contributed by atoms with Gasteiger partial charge in [-0.2, -0.15) is 0 Å². The van der Waals surface area contributed by atoms with Gasteiger partial charge < -0.3 is 14.0 Å². The first-order valence-electron chi connectivity index (χ1n) is 9.51. The highest BCUT2D eigenvalue weighted by Gasteiger charge is 2.35. The van der Waals surface area contributed by atoms with Gasteiger partial charge in [-0.15, -0.1) is 0 Å². The molecular weight excluding hydrogens is 388 g/mol. The van der Waals surface area contributed by atoms with E-state index in [-0.39, 0.29) is 24.3 Å². The van der Waals surface area contributed by atoms with Crippen molar-refractivity contribution in [2.24, 2.45) is 0 Å². The number of methoxy groups -OCH3 is 1. The van der Waals surface area contributed by atoms with E-state index in [9.17, 15) is 9.59 Å². The summed E-state index contributed by atoms with van der Waals surface area (Å²) in [5.41, 5.74) is 4.24. The zero-order valence-electron chi connectivity index (χ0n) is 17.2. The van der Waals surface area contributed by atoms with Gasteiger partial charge in [0.25, 0.3) is 11.1 Å². The summed E-state index contributed by atoms with van der Waals surface area (Å²) in [6, 6.07) is 9.70. The fourth-order valence-electron chi connectivity index (χ4n) is 3.22. The predicted molar refractivity (Wildman–Crippen MR) is 115 cm³/mol. The highest BCUT2D eigenvalue weighted by molar-refractivity contribution is 8.18. The van der Waals surface area contributed by atoms with Gasteiger partial charge in [-0.25, -0.2) is 0 Å². The summed E-state index contributed by atoms with van der Waals surface area (Å²) < 4.78 is 13.0. The second-order valence-corrected chi connectivity index (χ2v) is 7.96. The molecule has 7 heteroatoms. The summed E-state index contributed by atoms with van der Waals surface area (Å²) in [6.07, 6.45) is 1.80. The lowest BCUT2D eigenvalue weighted by molar-refractivity contribution is -0.123. The molecule has 154 valence electrons. The van der Waals surface area contributed by atoms with Crippen LogP contribution in [0.2, 0.25) is 0 Å². The third-order valence-electron chi connectivity index (χ3n) is 4.90. The number of nitrogens with zero attached hydrogens (tertiary/aromatic N) is 2. The molecule has 1 aliphatic heterocycles. The van der Waals surface area contributed by atoms with Crippen LogP contribution in [-0.4, -0.2) is 47.5 Å². The molecule has 29 heavy (non-hydrogen) atoms. The number of rotatable bonds is 8. The van der Waals surface area contributed by atoms with E-state index in [1.807, 2.05) is 51.1 Å². The number of aryl methyl sites for hydroxylation is 2. The minimum Gasteiger partial charge on any atom is -0.492 e. The zero-order valence-corrected chi connectivity index (χ0v) is 18.0. The van der Waals surface area contributed by atoms with Crippen LogP contribution in [-0.2, 0) is 16.1 Å². The molecular formula is C22H26N2O4S. The highest BCUT2D eigenvalue weighted by Crippen LogP contribution is 2.33. The summed E-state index contributed by atoms with van der Waals surface area (Å²) in [7, 11) is 1.67. The highest BCUT2D eigenvalue weighted by atomic mass is 32.2. The molecule has 0 bridgehead atoms. The maximum Gasteiger partial charge on any atom is 0.293 e. The van der Waals surface area contributed by atoms with Gasteiger partial charge in [-0.1, -0.05) is 17.7 Å². The second-order valence-electron chi connectivity index (χ2n) is 6.97. The van der Waals surface area contributed by atoms with Gasteiger partial charge in [0.2, 0.25) is 0 Å². The van der Waals surface area contributed by atoms with Crippen LogP contribution in [0.3, 0.4) is 0 Å². The first kappa shape index (κ1) is 21.2. The van der Waals surface area contributed by atoms with Crippen molar-refractivity contribution in [2.75, 3.05) is 26.9 Å². The van der Waals surface area contributed by atoms with Crippen molar-refractivity contribution >= 4 is 29.0 Å². The standard InChI is InChI=1S/C22H26N2O4S/c1-15-5-7-19(8-6-15)28-12-10-24-21(25)20(29-22(24)26)14-18-13-16(2)23(17(18)3)9-11-27-4/h5-8,13-14H,9-12H2,1-4H3/b20-14-. The van der Waals surface area contributed by atoms with Crippen LogP contribution in [0.15, 0.2) is 35.2 Å². The molecule has 1 aliphatic rings. The average Bonchev–Trinajstić information content (AvgIpc) is 3.11. The van der Waals surface area contributed by atoms with E-state index in [2.05, 4.69) is 4.57 Å². The van der Waals surface area contributed by atoms with Crippen molar-refractivity contribution in [1.82, 2.24) is 9.47 Å². The second kappa shape index (κ2) is 9.33. The Morgan fingerprint density at radius 3 is 2.45 bits per heavy atom. The number of imide groups is 1. The normalized spacial score (nSPS) is 15.6. The van der Waals surface area contributed by atoms with Crippen molar-refractivity contribution in [3.63, 3.8) is 0 Å². The fraction of sp³-hybridized carbons (Fsp3) is 0.364. The number of hydrogen-bond donors (Lipinski definition) is 0. The molecule has 0 spiro atoms. The van der Waals surface area contributed by atoms with Crippen molar-refractivity contribution < 1.29 is 19.1 Å². The summed E-state index contributed by atoms with van der Waals surface area (Å²) in [5.74, 6) is 0.454. The van der Waals surface area contributed by atoms with Gasteiger partial charge in [-0.05, 0) is 62.4 Å². The van der Waals surface area contributed by atoms with Crippen LogP contribution >= 0.6 is 11.8 Å². The first-order chi connectivity index (χ1) is 13.9. The fourth-order valence-corrected chi connectivity index (χ4v) is 4.08. The number of amides is 2. The summed E-state index contributed by atoms with van der Waals surface area (Å²) in [4.78, 5) is 26.7. The molecule has 0 radical (unpaired) electrons. The van der Waals surface area contributed by atoms with Crippen LogP contribution < -0.4 is 4.74 Å². The molecule has 0 aliphatic carbocycles. The lowest BCUT2D eigenvalue weighted by Crippen LogP contribution is -2.32. The predicted octanol–water partition coefficient (Wildman–Crippen LogP) is 4.18. The topological polar surface area (TPSA) is 60.8 Å². The van der Waals surface area contributed by atoms with Gasteiger partial charge in [0.1, 0.15) is 12.4 Å². The van der Waals surface area contributed by atoms with Crippen LogP contribution in [0.1, 0.15) is 22.5 Å². The van der Waals surface area contributed by atoms with E-state index in [1.54, 1.807) is 13.2 Å². The quantitative estimate of drug-likeness (QED) is 0.607. The van der Waals surface area contributed by atoms with E-state index >= 15 is 0 Å². The maximum absolute atomic E-state index is 12.7. The summed E-state index contributed by atoms with van der Waals surface area (Å²) in [5, 5.41) is -0.262. The average molecular weight is 415 g/mol. The van der Waals surface area contributed by atoms with Gasteiger partial charge in [-0.3, -0.25) is 14.5 Å². The van der Waals surface area contributed by atoms with Crippen LogP contribution in [0.4, 0.5) is 4.79 Å². The van der Waals surface area contributed by atoms with Crippen LogP contribution in [0.5, 0.6) is 5.75 Å². The van der Waals surface area contributed by atoms with Crippen LogP contribution in [0, 0.1) is 20.8 Å². The van der Waals surface area contributed by atoms with Gasteiger partial charge in [0.05, 0.1) is 18.1 Å². The smallest absolute Gasteiger partial charge is 0.293 e. The first-order valence-corrected chi connectivity index (χ1v) is 10.3. The Bertz CT molecular complexity index is 931. The number of carbonyl (C=O) groups is 2. The number of carbonyl (C=O) groups excluding carboxylic acids is 2. The monoisotopic (exact) mass is 414 g/mol. The zero-order chi connectivity index (χ0) is 21.0. The molecule has 3 rings (SSSR count). The Kier molecular flexibility index (Phi) is 6.82. The van der Waals surface area contributed by atoms with E-state index in [4.69, 9.17) is 9.47 Å². The number of benzene rings is 1. The van der Waals surface area contributed by atoms with E-state index < -0.39 is 0 Å². The number of hydrogen-bond acceptors (Lipinski definition) is 5. The molecule has 1 aromatic carbocycles. The van der Waals surface area contributed by atoms with Crippen molar-refractivity contribution in [2.45, 2.75) is 27.3 Å². The largest absolute Gasteiger partial charge is 0.492 e. The molecule has 0 N–H and O–H groups in total. The summed E-state index contributed by atoms with van der Waals surface area (Å²) in [6.45, 7) is 7.89. The number of thioether (sulfide) groups is 1. The molecule has 1 fully saturated rings. The number of aromatic nitrogens is 1. The van der Waals surface area contributed by atoms with Gasteiger partial charge in [0.15, 0.2) is 0 Å². The van der Waals surface area contributed by atoms with Gasteiger partial charge in [0, 0.05) is 25.0 Å². The van der Waals surface area contributed by atoms with E-state index in [0.717, 1.165) is 46.6 Å². The van der Waals surface area contributed by atoms with Gasteiger partial charge >= 0.3 is 0 Å². The lowest BCUT2D eigenvalue weighted by Gasteiger charge is -2.13. The minimum atomic E-state index is -0.269. The molecule has 6 nitrogen and oxygen atoms in total. The molecule has 0 unspecified atom stereocenters. The van der Waals surface area contributed by atoms with Crippen LogP contribution in [0.25, 0.3) is 6.08 Å². The van der Waals surface area contributed by atoms with E-state index in [0.29, 0.717) is 11.5 Å². The number of ether oxygens (including phenoxy) is 2. The summed E-state index contributed by atoms with van der Waals surface area (Å²) >= 11 is 0.976. The Balaban J connectivity index is 1.66. The molecule has 0 saturated carbocycles. The lowest BCUT2D eigenvalue weighted by atomic mass is 10.2. The minimum absolute atomic E-state index is 0.225. The Hall–Kier alpha value is -2.51. The van der Waals surface area contributed by atoms with E-state index in [1.165, 1.54) is 4.90 Å². The third-order valence-corrected chi connectivity index (χ3v) is 5.80. The molecule has 2 aromatic rings. The molecule has 1 aromatic heterocycles. The Labute approximate surface area is 175 Å². The van der Waals surface area contributed by atoms with Crippen molar-refractivity contribution in [1.29, 1.82) is 0 Å². The Morgan fingerprint density at radius 1 is 1.03 bits per heavy atom. The van der Waals surface area contributed by atoms with Crippen molar-refractivity contribution in [3.05, 3.63) is 57.8 Å². The molecule has 0 atom stereocenters. The molecule has 2 amide bonds. The third kappa shape index (κ3) is 4.92. The SMILES string of the molecule is COCCn1c(C)cc(/C=C2\SC(=O)N(CCOc3ccc(C)cc3)C2=O)c1C. The maximum atomic E-state index is 12.7. The van der Waals surface area contributed by atoms with Crippen molar-refractivity contribution in [3.8, 4) is 5.75 Å².